The van der Waals surface area contributed by atoms with Gasteiger partial charge in [-0.15, -0.1) is 12.4 Å². The van der Waals surface area contributed by atoms with Gasteiger partial charge in [0.05, 0.1) is 0 Å². The van der Waals surface area contributed by atoms with E-state index in [0.717, 1.165) is 26.2 Å². The van der Waals surface area contributed by atoms with E-state index in [-0.39, 0.29) is 12.4 Å². The van der Waals surface area contributed by atoms with Crippen molar-refractivity contribution < 1.29 is 0 Å². The zero-order valence-electron chi connectivity index (χ0n) is 10.1. The summed E-state index contributed by atoms with van der Waals surface area (Å²) < 4.78 is 0. The van der Waals surface area contributed by atoms with Crippen LogP contribution < -0.4 is 5.32 Å². The van der Waals surface area contributed by atoms with Crippen LogP contribution in [0.1, 0.15) is 25.0 Å². The van der Waals surface area contributed by atoms with Crippen LogP contribution in [0.25, 0.3) is 0 Å². The normalized spacial score (nSPS) is 13.2. The number of nitrogens with zero attached hydrogens (tertiary/aromatic N) is 1. The number of rotatable bonds is 4. The molecule has 2 nitrogen and oxygen atoms in total. The van der Waals surface area contributed by atoms with Crippen LogP contribution >= 0.6 is 12.4 Å². The Hall–Kier alpha value is -0.730. The van der Waals surface area contributed by atoms with Crippen molar-refractivity contribution in [1.82, 2.24) is 4.90 Å². The number of anilines is 1. The average Bonchev–Trinajstić information content (AvgIpc) is 2.74. The highest BCUT2D eigenvalue weighted by Crippen LogP contribution is 2.27. The molecule has 0 atom stereocenters. The maximum absolute atomic E-state index is 3.50. The zero-order valence-corrected chi connectivity index (χ0v) is 10.9. The Labute approximate surface area is 104 Å². The van der Waals surface area contributed by atoms with E-state index < -0.39 is 0 Å². The molecule has 0 saturated heterocycles. The molecule has 1 aliphatic rings. The van der Waals surface area contributed by atoms with Gasteiger partial charge >= 0.3 is 0 Å². The molecule has 1 aromatic carbocycles. The number of para-hydroxylation sites is 1. The van der Waals surface area contributed by atoms with Gasteiger partial charge < -0.3 is 5.32 Å². The first-order valence-corrected chi connectivity index (χ1v) is 5.92. The van der Waals surface area contributed by atoms with Gasteiger partial charge in [-0.05, 0) is 30.6 Å². The van der Waals surface area contributed by atoms with Crippen LogP contribution in [0.3, 0.4) is 0 Å². The first-order valence-electron chi connectivity index (χ1n) is 5.92. The van der Waals surface area contributed by atoms with Crippen molar-refractivity contribution in [3.63, 3.8) is 0 Å². The van der Waals surface area contributed by atoms with Crippen molar-refractivity contribution >= 4 is 18.1 Å². The number of halogens is 1. The molecular weight excluding hydrogens is 220 g/mol. The van der Waals surface area contributed by atoms with Crippen LogP contribution in [-0.2, 0) is 13.0 Å². The highest BCUT2D eigenvalue weighted by Gasteiger charge is 2.14. The van der Waals surface area contributed by atoms with E-state index in [4.69, 9.17) is 0 Å². The standard InChI is InChI=1S/C13H20N2.ClH/c1-3-15(4-2)10-12-7-5-6-11-8-9-14-13(11)12;/h5-7,14H,3-4,8-10H2,1-2H3;1H. The summed E-state index contributed by atoms with van der Waals surface area (Å²) in [6, 6.07) is 6.67. The van der Waals surface area contributed by atoms with E-state index in [2.05, 4.69) is 42.3 Å². The van der Waals surface area contributed by atoms with Crippen LogP contribution in [0.4, 0.5) is 5.69 Å². The molecule has 0 spiro atoms. The van der Waals surface area contributed by atoms with Gasteiger partial charge in [0.25, 0.3) is 0 Å². The number of hydrogen-bond acceptors (Lipinski definition) is 2. The first kappa shape index (κ1) is 13.3. The molecule has 1 aliphatic heterocycles. The quantitative estimate of drug-likeness (QED) is 0.871. The van der Waals surface area contributed by atoms with Crippen molar-refractivity contribution in [3.05, 3.63) is 29.3 Å². The molecule has 0 radical (unpaired) electrons. The minimum Gasteiger partial charge on any atom is -0.384 e. The van der Waals surface area contributed by atoms with Crippen molar-refractivity contribution in [2.45, 2.75) is 26.8 Å². The molecule has 3 heteroatoms. The van der Waals surface area contributed by atoms with Crippen LogP contribution in [0, 0.1) is 0 Å². The lowest BCUT2D eigenvalue weighted by Gasteiger charge is -2.19. The molecule has 0 unspecified atom stereocenters. The Morgan fingerprint density at radius 1 is 1.25 bits per heavy atom. The molecule has 0 aromatic heterocycles. The molecule has 0 bridgehead atoms. The molecule has 0 saturated carbocycles. The monoisotopic (exact) mass is 240 g/mol. The summed E-state index contributed by atoms with van der Waals surface area (Å²) >= 11 is 0. The van der Waals surface area contributed by atoms with Crippen molar-refractivity contribution in [1.29, 1.82) is 0 Å². The maximum Gasteiger partial charge on any atom is 0.0419 e. The van der Waals surface area contributed by atoms with Gasteiger partial charge in [-0.2, -0.15) is 0 Å². The molecule has 1 aromatic rings. The number of hydrogen-bond donors (Lipinski definition) is 1. The molecular formula is C13H21ClN2. The Morgan fingerprint density at radius 2 is 2.00 bits per heavy atom. The molecule has 0 aliphatic carbocycles. The molecule has 0 fully saturated rings. The predicted molar refractivity (Wildman–Crippen MR) is 72.5 cm³/mol. The molecule has 1 N–H and O–H groups in total. The van der Waals surface area contributed by atoms with E-state index >= 15 is 0 Å². The SMILES string of the molecule is CCN(CC)Cc1cccc2c1NCC2.Cl. The lowest BCUT2D eigenvalue weighted by Crippen LogP contribution is -2.22. The first-order chi connectivity index (χ1) is 7.35. The molecule has 90 valence electrons. The fourth-order valence-corrected chi connectivity index (χ4v) is 2.23. The fourth-order valence-electron chi connectivity index (χ4n) is 2.23. The van der Waals surface area contributed by atoms with Gasteiger partial charge in [-0.1, -0.05) is 32.0 Å². The molecule has 2 rings (SSSR count). The summed E-state index contributed by atoms with van der Waals surface area (Å²) in [5, 5.41) is 3.50. The van der Waals surface area contributed by atoms with E-state index in [0.29, 0.717) is 0 Å². The van der Waals surface area contributed by atoms with Crippen molar-refractivity contribution in [2.75, 3.05) is 25.0 Å². The van der Waals surface area contributed by atoms with E-state index in [9.17, 15) is 0 Å². The summed E-state index contributed by atoms with van der Waals surface area (Å²) in [6.45, 7) is 8.87. The van der Waals surface area contributed by atoms with Crippen LogP contribution in [-0.4, -0.2) is 24.5 Å². The van der Waals surface area contributed by atoms with Gasteiger partial charge in [-0.3, -0.25) is 4.90 Å². The van der Waals surface area contributed by atoms with E-state index in [1.54, 1.807) is 0 Å². The summed E-state index contributed by atoms with van der Waals surface area (Å²) in [6.07, 6.45) is 1.18. The maximum atomic E-state index is 3.50. The smallest absolute Gasteiger partial charge is 0.0419 e. The van der Waals surface area contributed by atoms with E-state index in [1.165, 1.54) is 23.2 Å². The molecule has 0 amide bonds. The summed E-state index contributed by atoms with van der Waals surface area (Å²) in [4.78, 5) is 2.45. The van der Waals surface area contributed by atoms with Gasteiger partial charge in [0.1, 0.15) is 0 Å². The lowest BCUT2D eigenvalue weighted by atomic mass is 10.1. The van der Waals surface area contributed by atoms with Crippen LogP contribution in [0.15, 0.2) is 18.2 Å². The minimum atomic E-state index is 0. The summed E-state index contributed by atoms with van der Waals surface area (Å²) in [7, 11) is 0. The highest BCUT2D eigenvalue weighted by atomic mass is 35.5. The average molecular weight is 241 g/mol. The van der Waals surface area contributed by atoms with Crippen molar-refractivity contribution in [2.24, 2.45) is 0 Å². The van der Waals surface area contributed by atoms with Gasteiger partial charge in [0.2, 0.25) is 0 Å². The second-order valence-electron chi connectivity index (χ2n) is 4.09. The van der Waals surface area contributed by atoms with Crippen molar-refractivity contribution in [3.8, 4) is 0 Å². The number of fused-ring (bicyclic) bond motifs is 1. The summed E-state index contributed by atoms with van der Waals surface area (Å²) in [5.74, 6) is 0. The second-order valence-corrected chi connectivity index (χ2v) is 4.09. The number of nitrogens with one attached hydrogen (secondary N) is 1. The summed E-state index contributed by atoms with van der Waals surface area (Å²) in [5.41, 5.74) is 4.33. The highest BCUT2D eigenvalue weighted by molar-refractivity contribution is 5.85. The Balaban J connectivity index is 0.00000128. The third kappa shape index (κ3) is 2.69. The van der Waals surface area contributed by atoms with Gasteiger partial charge in [0.15, 0.2) is 0 Å². The topological polar surface area (TPSA) is 15.3 Å². The predicted octanol–water partition coefficient (Wildman–Crippen LogP) is 2.92. The Bertz CT molecular complexity index is 335. The van der Waals surface area contributed by atoms with E-state index in [1.807, 2.05) is 0 Å². The Morgan fingerprint density at radius 3 is 2.69 bits per heavy atom. The number of benzene rings is 1. The molecule has 16 heavy (non-hydrogen) atoms. The second kappa shape index (κ2) is 6.12. The molecule has 1 heterocycles. The van der Waals surface area contributed by atoms with Crippen LogP contribution in [0.5, 0.6) is 0 Å². The van der Waals surface area contributed by atoms with Gasteiger partial charge in [-0.25, -0.2) is 0 Å². The minimum absolute atomic E-state index is 0. The van der Waals surface area contributed by atoms with Crippen LogP contribution in [0.2, 0.25) is 0 Å². The zero-order chi connectivity index (χ0) is 10.7. The third-order valence-electron chi connectivity index (χ3n) is 3.22. The Kier molecular flexibility index (Phi) is 5.10. The lowest BCUT2D eigenvalue weighted by molar-refractivity contribution is 0.296. The third-order valence-corrected chi connectivity index (χ3v) is 3.22. The largest absolute Gasteiger partial charge is 0.384 e. The van der Waals surface area contributed by atoms with Gasteiger partial charge in [0, 0.05) is 18.8 Å². The fraction of sp³-hybridized carbons (Fsp3) is 0.538.